The predicted octanol–water partition coefficient (Wildman–Crippen LogP) is 4.15. The third kappa shape index (κ3) is 7.01. The van der Waals surface area contributed by atoms with Crippen LogP contribution in [0.15, 0.2) is 48.5 Å². The highest BCUT2D eigenvalue weighted by molar-refractivity contribution is 5.77. The van der Waals surface area contributed by atoms with Crippen LogP contribution in [0.2, 0.25) is 0 Å². The van der Waals surface area contributed by atoms with Crippen molar-refractivity contribution in [2.24, 2.45) is 5.92 Å². The lowest BCUT2D eigenvalue weighted by Crippen LogP contribution is -2.64. The van der Waals surface area contributed by atoms with Crippen LogP contribution in [0.4, 0.5) is 4.79 Å². The molecule has 1 amide bonds. The van der Waals surface area contributed by atoms with E-state index in [-0.39, 0.29) is 30.1 Å². The summed E-state index contributed by atoms with van der Waals surface area (Å²) in [4.78, 5) is 64.8. The van der Waals surface area contributed by atoms with E-state index in [0.29, 0.717) is 18.7 Å². The maximum Gasteiger partial charge on any atom is 0.410 e. The van der Waals surface area contributed by atoms with Gasteiger partial charge in [-0.25, -0.2) is 9.59 Å². The number of methoxy groups -OCH3 is 1. The van der Waals surface area contributed by atoms with Gasteiger partial charge >= 0.3 is 30.0 Å². The van der Waals surface area contributed by atoms with Crippen molar-refractivity contribution in [3.8, 4) is 5.75 Å². The third-order valence-corrected chi connectivity index (χ3v) is 10.3. The molecule has 0 aromatic heterocycles. The normalized spacial score (nSPS) is 29.7. The number of benzene rings is 2. The van der Waals surface area contributed by atoms with E-state index in [2.05, 4.69) is 0 Å². The molecule has 2 aromatic carbocycles. The largest absolute Gasteiger partial charge is 0.467 e. The average Bonchev–Trinajstić information content (AvgIpc) is 3.09. The summed E-state index contributed by atoms with van der Waals surface area (Å²) in [5.74, 6) is -2.60. The Morgan fingerprint density at radius 1 is 0.860 bits per heavy atom. The van der Waals surface area contributed by atoms with E-state index < -0.39 is 54.6 Å². The fourth-order valence-corrected chi connectivity index (χ4v) is 8.40. The van der Waals surface area contributed by atoms with Crippen molar-refractivity contribution in [3.05, 3.63) is 65.2 Å². The second-order valence-corrected chi connectivity index (χ2v) is 13.4. The standard InChI is InChI=1S/C37H43NO12/c1-21(39)46-30-31(47-22(2)40)33(48-23(3)41)35(50-32(30)34(42)44-4)49-26-14-13-25-18-29-27-12-8-9-15-37(27,28(25)19-26)16-17-38(29)36(43)45-20-24-10-6-5-7-11-24/h5-7,10-11,13-14,19,27,29-33,35H,8-9,12,15-18,20H2,1-4H3/t27?,29?,30-,31-,32-,33+,35+,37?/m0/s1. The first kappa shape index (κ1) is 35.2. The first-order valence-corrected chi connectivity index (χ1v) is 17.0. The number of ether oxygens (including phenoxy) is 7. The number of fused-ring (bicyclic) bond motifs is 1. The molecule has 2 heterocycles. The number of carbonyl (C=O) groups is 5. The molecular weight excluding hydrogens is 650 g/mol. The van der Waals surface area contributed by atoms with E-state index in [4.69, 9.17) is 33.2 Å². The minimum atomic E-state index is -1.56. The first-order chi connectivity index (χ1) is 24.0. The molecule has 0 radical (unpaired) electrons. The minimum absolute atomic E-state index is 0.00914. The maximum atomic E-state index is 13.5. The lowest BCUT2D eigenvalue weighted by molar-refractivity contribution is -0.282. The molecule has 2 aliphatic heterocycles. The molecule has 2 saturated heterocycles. The van der Waals surface area contributed by atoms with E-state index in [1.54, 1.807) is 6.07 Å². The molecular formula is C37H43NO12. The third-order valence-electron chi connectivity index (χ3n) is 10.3. The SMILES string of the molecule is COC(=O)[C@H]1O[C@@H](Oc2ccc3c(c2)C24CCCCC2C(C3)N(C(=O)OCc2ccccc2)CC4)[C@H](OC(C)=O)[C@@H](OC(C)=O)[C@@H]1OC(C)=O. The van der Waals surface area contributed by atoms with Gasteiger partial charge in [-0.05, 0) is 60.4 Å². The molecule has 1 saturated carbocycles. The van der Waals surface area contributed by atoms with Crippen molar-refractivity contribution in [2.45, 2.75) is 108 Å². The van der Waals surface area contributed by atoms with Crippen LogP contribution in [0.1, 0.15) is 69.6 Å². The zero-order valence-electron chi connectivity index (χ0n) is 28.7. The second-order valence-electron chi connectivity index (χ2n) is 13.4. The summed E-state index contributed by atoms with van der Waals surface area (Å²) < 4.78 is 39.5. The summed E-state index contributed by atoms with van der Waals surface area (Å²) >= 11 is 0. The van der Waals surface area contributed by atoms with Gasteiger partial charge in [0.2, 0.25) is 12.4 Å². The van der Waals surface area contributed by atoms with Crippen LogP contribution in [0.25, 0.3) is 0 Å². The summed E-state index contributed by atoms with van der Waals surface area (Å²) in [7, 11) is 1.14. The van der Waals surface area contributed by atoms with Gasteiger partial charge < -0.3 is 38.1 Å². The Morgan fingerprint density at radius 3 is 2.26 bits per heavy atom. The summed E-state index contributed by atoms with van der Waals surface area (Å²) in [5.41, 5.74) is 2.97. The smallest absolute Gasteiger partial charge is 0.410 e. The summed E-state index contributed by atoms with van der Waals surface area (Å²) in [6.07, 6.45) is -2.21. The van der Waals surface area contributed by atoms with Crippen molar-refractivity contribution in [3.63, 3.8) is 0 Å². The van der Waals surface area contributed by atoms with Gasteiger partial charge in [0.15, 0.2) is 18.3 Å². The Kier molecular flexibility index (Phi) is 10.3. The maximum absolute atomic E-state index is 13.5. The number of likely N-dealkylation sites (tertiary alicyclic amines) is 1. The molecule has 13 nitrogen and oxygen atoms in total. The number of nitrogens with zero attached hydrogens (tertiary/aromatic N) is 1. The summed E-state index contributed by atoms with van der Waals surface area (Å²) in [6.45, 7) is 4.19. The highest BCUT2D eigenvalue weighted by atomic mass is 16.7. The molecule has 13 heteroatoms. The van der Waals surface area contributed by atoms with Gasteiger partial charge in [0.1, 0.15) is 12.4 Å². The fraction of sp³-hybridized carbons (Fsp3) is 0.541. The summed E-state index contributed by atoms with van der Waals surface area (Å²) in [5, 5.41) is 0. The Morgan fingerprint density at radius 2 is 1.56 bits per heavy atom. The molecule has 268 valence electrons. The Balaban J connectivity index is 1.29. The van der Waals surface area contributed by atoms with Crippen LogP contribution in [0.3, 0.4) is 0 Å². The molecule has 6 rings (SSSR count). The zero-order valence-corrected chi connectivity index (χ0v) is 28.7. The van der Waals surface area contributed by atoms with Crippen LogP contribution in [0, 0.1) is 5.92 Å². The van der Waals surface area contributed by atoms with Crippen molar-refractivity contribution in [1.82, 2.24) is 4.90 Å². The number of carbonyl (C=O) groups excluding carboxylic acids is 5. The van der Waals surface area contributed by atoms with Gasteiger partial charge in [-0.1, -0.05) is 49.2 Å². The number of hydrogen-bond acceptors (Lipinski definition) is 12. The van der Waals surface area contributed by atoms with E-state index in [0.717, 1.165) is 76.7 Å². The lowest BCUT2D eigenvalue weighted by atomic mass is 9.52. The minimum Gasteiger partial charge on any atom is -0.467 e. The first-order valence-electron chi connectivity index (χ1n) is 17.0. The fourth-order valence-electron chi connectivity index (χ4n) is 8.40. The van der Waals surface area contributed by atoms with Crippen molar-refractivity contribution in [1.29, 1.82) is 0 Å². The van der Waals surface area contributed by atoms with Gasteiger partial charge in [0.25, 0.3) is 0 Å². The van der Waals surface area contributed by atoms with Crippen LogP contribution < -0.4 is 4.74 Å². The van der Waals surface area contributed by atoms with E-state index >= 15 is 0 Å². The molecule has 8 atom stereocenters. The number of rotatable bonds is 8. The molecule has 2 aromatic rings. The summed E-state index contributed by atoms with van der Waals surface area (Å²) in [6, 6.07) is 15.3. The average molecular weight is 694 g/mol. The number of piperidine rings is 1. The number of esters is 4. The van der Waals surface area contributed by atoms with Crippen LogP contribution >= 0.6 is 0 Å². The molecule has 0 N–H and O–H groups in total. The van der Waals surface area contributed by atoms with Gasteiger partial charge in [0.05, 0.1) is 7.11 Å². The highest BCUT2D eigenvalue weighted by Gasteiger charge is 2.57. The second kappa shape index (κ2) is 14.7. The Hall–Kier alpha value is -4.65. The van der Waals surface area contributed by atoms with Crippen molar-refractivity contribution >= 4 is 30.0 Å². The molecule has 0 spiro atoms. The van der Waals surface area contributed by atoms with E-state index in [9.17, 15) is 24.0 Å². The molecule has 2 aliphatic carbocycles. The monoisotopic (exact) mass is 693 g/mol. The zero-order chi connectivity index (χ0) is 35.6. The van der Waals surface area contributed by atoms with Crippen LogP contribution in [0.5, 0.6) is 5.75 Å². The van der Waals surface area contributed by atoms with Crippen LogP contribution in [-0.2, 0) is 66.0 Å². The lowest BCUT2D eigenvalue weighted by Gasteiger charge is -2.58. The number of amides is 1. The van der Waals surface area contributed by atoms with Gasteiger partial charge in [-0.3, -0.25) is 14.4 Å². The molecule has 3 fully saturated rings. The highest BCUT2D eigenvalue weighted by Crippen LogP contribution is 2.56. The van der Waals surface area contributed by atoms with Gasteiger partial charge in [-0.2, -0.15) is 0 Å². The van der Waals surface area contributed by atoms with Crippen molar-refractivity contribution < 1.29 is 57.1 Å². The quantitative estimate of drug-likeness (QED) is 0.288. The Bertz CT molecular complexity index is 1610. The van der Waals surface area contributed by atoms with E-state index in [1.807, 2.05) is 47.4 Å². The van der Waals surface area contributed by atoms with Gasteiger partial charge in [-0.15, -0.1) is 0 Å². The molecule has 3 unspecified atom stereocenters. The predicted molar refractivity (Wildman–Crippen MR) is 173 cm³/mol. The van der Waals surface area contributed by atoms with Crippen molar-refractivity contribution in [2.75, 3.05) is 13.7 Å². The Labute approximate surface area is 290 Å². The molecule has 50 heavy (non-hydrogen) atoms. The van der Waals surface area contributed by atoms with Crippen LogP contribution in [-0.4, -0.2) is 85.3 Å². The molecule has 2 bridgehead atoms. The number of hydrogen-bond donors (Lipinski definition) is 0. The topological polar surface area (TPSA) is 153 Å². The van der Waals surface area contributed by atoms with E-state index in [1.165, 1.54) is 0 Å². The molecule has 4 aliphatic rings. The van der Waals surface area contributed by atoms with Gasteiger partial charge in [0, 0.05) is 38.8 Å².